The Morgan fingerprint density at radius 2 is 2.00 bits per heavy atom. The van der Waals surface area contributed by atoms with Crippen LogP contribution in [0, 0.1) is 11.8 Å². The quantitative estimate of drug-likeness (QED) is 0.712. The number of benzene rings is 1. The van der Waals surface area contributed by atoms with E-state index in [1.807, 2.05) is 4.72 Å². The molecule has 5 nitrogen and oxygen atoms in total. The molecule has 1 aromatic carbocycles. The van der Waals surface area contributed by atoms with E-state index in [2.05, 4.69) is 11.6 Å². The molecule has 0 saturated heterocycles. The maximum absolute atomic E-state index is 13.9. The van der Waals surface area contributed by atoms with Gasteiger partial charge in [-0.25, -0.2) is 12.8 Å². The van der Waals surface area contributed by atoms with Crippen molar-refractivity contribution in [1.82, 2.24) is 9.07 Å². The molecule has 0 radical (unpaired) electrons. The number of sulfonamides is 1. The Labute approximate surface area is 141 Å². The number of nitrogens with one attached hydrogen (secondary N) is 1. The van der Waals surface area contributed by atoms with Crippen LogP contribution in [0.5, 0.6) is 0 Å². The first-order chi connectivity index (χ1) is 11.3. The van der Waals surface area contributed by atoms with Crippen molar-refractivity contribution in [2.24, 2.45) is 0 Å². The molecule has 0 amide bonds. The maximum Gasteiger partial charge on any atom is 0.265 e. The molecule has 0 aliphatic heterocycles. The highest BCUT2D eigenvalue weighted by Gasteiger charge is 2.23. The Morgan fingerprint density at radius 1 is 1.29 bits per heavy atom. The fourth-order valence-corrected chi connectivity index (χ4v) is 3.72. The van der Waals surface area contributed by atoms with Crippen LogP contribution in [0.25, 0.3) is 17.0 Å². The second-order valence-electron chi connectivity index (χ2n) is 4.83. The van der Waals surface area contributed by atoms with E-state index in [1.54, 1.807) is 24.3 Å². The first-order valence-electron chi connectivity index (χ1n) is 6.61. The minimum Gasteiger partial charge on any atom is -0.261 e. The summed E-state index contributed by atoms with van der Waals surface area (Å²) in [7, 11) is -4.23. The summed E-state index contributed by atoms with van der Waals surface area (Å²) < 4.78 is 55.7. The summed E-state index contributed by atoms with van der Waals surface area (Å²) in [6.45, 7) is 3.32. The van der Waals surface area contributed by atoms with E-state index < -0.39 is 27.6 Å². The van der Waals surface area contributed by atoms with Gasteiger partial charge in [-0.2, -0.15) is 9.37 Å². The van der Waals surface area contributed by atoms with Crippen LogP contribution in [0.2, 0.25) is 0 Å². The number of fused-ring (bicyclic) bond motifs is 1. The van der Waals surface area contributed by atoms with Crippen molar-refractivity contribution in [3.8, 4) is 0 Å². The Balaban J connectivity index is 2.09. The lowest BCUT2D eigenvalue weighted by atomic mass is 10.2. The number of para-hydroxylation sites is 1. The third-order valence-electron chi connectivity index (χ3n) is 3.33. The van der Waals surface area contributed by atoms with Gasteiger partial charge in [-0.05, 0) is 12.1 Å². The first-order valence-corrected chi connectivity index (χ1v) is 8.43. The number of pyridine rings is 1. The van der Waals surface area contributed by atoms with Gasteiger partial charge in [0.05, 0.1) is 5.52 Å². The van der Waals surface area contributed by atoms with Crippen LogP contribution < -0.4 is 4.72 Å². The summed E-state index contributed by atoms with van der Waals surface area (Å²) in [4.78, 5) is 3.12. The Kier molecular flexibility index (Phi) is 4.02. The lowest BCUT2D eigenvalue weighted by Gasteiger charge is -2.08. The maximum atomic E-state index is 13.9. The Morgan fingerprint density at radius 3 is 2.71 bits per heavy atom. The minimum atomic E-state index is -4.23. The van der Waals surface area contributed by atoms with Crippen molar-refractivity contribution in [2.75, 3.05) is 4.72 Å². The fraction of sp³-hybridized carbons (Fsp3) is 0. The molecule has 2 aromatic heterocycles. The number of hydrogen-bond acceptors (Lipinski definition) is 3. The largest absolute Gasteiger partial charge is 0.265 e. The molecular formula is C15H10ClF2N3O2S. The van der Waals surface area contributed by atoms with E-state index in [0.717, 1.165) is 16.2 Å². The molecule has 0 aliphatic carbocycles. The number of rotatable bonds is 4. The number of hydrogen-bond donors (Lipinski definition) is 1. The second kappa shape index (κ2) is 5.88. The Bertz CT molecular complexity index is 1060. The minimum absolute atomic E-state index is 0.173. The van der Waals surface area contributed by atoms with Crippen molar-refractivity contribution < 1.29 is 17.2 Å². The van der Waals surface area contributed by atoms with Gasteiger partial charge in [0.15, 0.2) is 11.6 Å². The smallest absolute Gasteiger partial charge is 0.261 e. The zero-order valence-corrected chi connectivity index (χ0v) is 13.6. The molecule has 0 spiro atoms. The molecular weight excluding hydrogens is 360 g/mol. The molecule has 2 heterocycles. The van der Waals surface area contributed by atoms with Crippen LogP contribution in [0.1, 0.15) is 5.56 Å². The highest BCUT2D eigenvalue weighted by Crippen LogP contribution is 2.28. The predicted molar refractivity (Wildman–Crippen MR) is 88.2 cm³/mol. The average molecular weight is 370 g/mol. The van der Waals surface area contributed by atoms with Crippen LogP contribution in [-0.4, -0.2) is 17.5 Å². The highest BCUT2D eigenvalue weighted by atomic mass is 35.5. The van der Waals surface area contributed by atoms with Crippen molar-refractivity contribution >= 4 is 44.6 Å². The van der Waals surface area contributed by atoms with Gasteiger partial charge in [0.25, 0.3) is 10.0 Å². The summed E-state index contributed by atoms with van der Waals surface area (Å²) in [5.41, 5.74) is 0.286. The fourth-order valence-electron chi connectivity index (χ4n) is 2.20. The van der Waals surface area contributed by atoms with Gasteiger partial charge < -0.3 is 0 Å². The summed E-state index contributed by atoms with van der Waals surface area (Å²) >= 11 is 5.95. The molecule has 24 heavy (non-hydrogen) atoms. The van der Waals surface area contributed by atoms with Gasteiger partial charge >= 0.3 is 0 Å². The lowest BCUT2D eigenvalue weighted by molar-refractivity contribution is 0.561. The third-order valence-corrected chi connectivity index (χ3v) is 4.97. The van der Waals surface area contributed by atoms with Crippen LogP contribution in [0.3, 0.4) is 0 Å². The van der Waals surface area contributed by atoms with Crippen LogP contribution >= 0.6 is 11.8 Å². The third kappa shape index (κ3) is 2.74. The zero-order valence-electron chi connectivity index (χ0n) is 12.0. The lowest BCUT2D eigenvalue weighted by Crippen LogP contribution is -2.15. The molecule has 3 aromatic rings. The van der Waals surface area contributed by atoms with Crippen LogP contribution in [0.4, 0.5) is 14.6 Å². The first kappa shape index (κ1) is 16.4. The molecule has 0 fully saturated rings. The van der Waals surface area contributed by atoms with Gasteiger partial charge in [-0.15, -0.1) is 0 Å². The van der Waals surface area contributed by atoms with Gasteiger partial charge in [-0.3, -0.25) is 8.81 Å². The van der Waals surface area contributed by atoms with E-state index in [1.165, 1.54) is 6.20 Å². The van der Waals surface area contributed by atoms with Gasteiger partial charge in [0.2, 0.25) is 5.95 Å². The van der Waals surface area contributed by atoms with E-state index in [9.17, 15) is 17.2 Å². The number of aromatic nitrogens is 2. The van der Waals surface area contributed by atoms with Crippen LogP contribution in [0.15, 0.2) is 48.0 Å². The average Bonchev–Trinajstić information content (AvgIpc) is 2.89. The molecule has 0 saturated carbocycles. The molecule has 0 atom stereocenters. The normalized spacial score (nSPS) is 11.6. The standard InChI is InChI=1S/C15H10ClF2N3O2S/c1-2-9-7-11(17)15(19-14(9)18)20-24(22,23)13-8-21(16)12-6-4-3-5-10(12)13/h2-8H,1H2,(H,19,20). The number of halogens is 3. The van der Waals surface area contributed by atoms with Gasteiger partial charge in [0, 0.05) is 28.9 Å². The predicted octanol–water partition coefficient (Wildman–Crippen LogP) is 3.76. The van der Waals surface area contributed by atoms with E-state index in [4.69, 9.17) is 11.8 Å². The SMILES string of the molecule is C=Cc1cc(F)c(NS(=O)(=O)c2cn(Cl)c3ccccc23)nc1F. The zero-order chi connectivity index (χ0) is 17.5. The molecule has 0 bridgehead atoms. The summed E-state index contributed by atoms with van der Waals surface area (Å²) in [5.74, 6) is -2.81. The van der Waals surface area contributed by atoms with Gasteiger partial charge in [-0.1, -0.05) is 30.9 Å². The van der Waals surface area contributed by atoms with E-state index >= 15 is 0 Å². The van der Waals surface area contributed by atoms with Crippen LogP contribution in [-0.2, 0) is 10.0 Å². The summed E-state index contributed by atoms with van der Waals surface area (Å²) in [6, 6.07) is 7.30. The monoisotopic (exact) mass is 369 g/mol. The summed E-state index contributed by atoms with van der Waals surface area (Å²) in [6.07, 6.45) is 2.24. The molecule has 9 heteroatoms. The van der Waals surface area contributed by atoms with Crippen molar-refractivity contribution in [2.45, 2.75) is 4.90 Å². The Hall–Kier alpha value is -2.45. The number of nitrogens with zero attached hydrogens (tertiary/aromatic N) is 2. The molecule has 0 unspecified atom stereocenters. The topological polar surface area (TPSA) is 64.0 Å². The van der Waals surface area contributed by atoms with Gasteiger partial charge in [0.1, 0.15) is 4.90 Å². The van der Waals surface area contributed by atoms with Crippen molar-refractivity contribution in [3.63, 3.8) is 0 Å². The van der Waals surface area contributed by atoms with E-state index in [0.29, 0.717) is 10.9 Å². The van der Waals surface area contributed by atoms with Crippen molar-refractivity contribution in [3.05, 3.63) is 60.4 Å². The second-order valence-corrected chi connectivity index (χ2v) is 6.85. The molecule has 1 N–H and O–H groups in total. The summed E-state index contributed by atoms with van der Waals surface area (Å²) in [5, 5.41) is 0.337. The molecule has 3 rings (SSSR count). The van der Waals surface area contributed by atoms with Crippen molar-refractivity contribution in [1.29, 1.82) is 0 Å². The molecule has 0 aliphatic rings. The number of anilines is 1. The molecule has 124 valence electrons. The van der Waals surface area contributed by atoms with E-state index in [-0.39, 0.29) is 10.5 Å². The highest BCUT2D eigenvalue weighted by molar-refractivity contribution is 7.93.